The van der Waals surface area contributed by atoms with Gasteiger partial charge in [0.25, 0.3) is 11.9 Å². The fourth-order valence-electron chi connectivity index (χ4n) is 4.56. The summed E-state index contributed by atoms with van der Waals surface area (Å²) in [6.45, 7) is 2.17. The minimum absolute atomic E-state index is 0. The minimum atomic E-state index is -2.16. The summed E-state index contributed by atoms with van der Waals surface area (Å²) in [5, 5.41) is 14.8. The normalized spacial score (nSPS) is 11.0. The third-order valence-electron chi connectivity index (χ3n) is 6.72. The van der Waals surface area contributed by atoms with Crippen LogP contribution in [0.3, 0.4) is 0 Å². The molecule has 2 unspecified atom stereocenters. The number of halogens is 10. The van der Waals surface area contributed by atoms with Crippen molar-refractivity contribution in [3.05, 3.63) is 179 Å². The summed E-state index contributed by atoms with van der Waals surface area (Å²) in [6.07, 6.45) is 0. The molecule has 2 N–H and O–H groups in total. The van der Waals surface area contributed by atoms with Crippen LogP contribution in [0, 0.1) is 70.3 Å². The summed E-state index contributed by atoms with van der Waals surface area (Å²) < 4.78 is 138. The number of hydrogen-bond donors (Lipinski definition) is 2. The number of rotatable bonds is 6. The van der Waals surface area contributed by atoms with E-state index in [-0.39, 0.29) is 39.0 Å². The van der Waals surface area contributed by atoms with Gasteiger partial charge in [-0.1, -0.05) is 60.7 Å². The monoisotopic (exact) mass is 1030 g/mol. The van der Waals surface area contributed by atoms with E-state index in [9.17, 15) is 43.9 Å². The van der Waals surface area contributed by atoms with Gasteiger partial charge in [0.1, 0.15) is 0 Å². The molecule has 310 valence electrons. The van der Waals surface area contributed by atoms with Gasteiger partial charge in [0.2, 0.25) is 11.6 Å². The van der Waals surface area contributed by atoms with E-state index in [0.29, 0.717) is 21.2 Å². The molecule has 2 radical (unpaired) electrons. The van der Waals surface area contributed by atoms with E-state index in [2.05, 4.69) is 12.1 Å². The Morgan fingerprint density at radius 3 is 0.862 bits per heavy atom. The topological polar surface area (TPSA) is 74.6 Å². The van der Waals surface area contributed by atoms with Crippen molar-refractivity contribution in [3.8, 4) is 0 Å². The van der Waals surface area contributed by atoms with E-state index in [1.165, 1.54) is 12.1 Å². The van der Waals surface area contributed by atoms with Crippen LogP contribution in [0.2, 0.25) is 0 Å². The third-order valence-corrected chi connectivity index (χ3v) is 11.5. The zero-order chi connectivity index (χ0) is 41.7. The van der Waals surface area contributed by atoms with Crippen LogP contribution < -0.4 is 31.8 Å². The van der Waals surface area contributed by atoms with Crippen LogP contribution in [0.4, 0.5) is 43.9 Å². The van der Waals surface area contributed by atoms with Gasteiger partial charge >= 0.3 is 0 Å². The van der Waals surface area contributed by atoms with Gasteiger partial charge in [0, 0.05) is 52.8 Å². The maximum absolute atomic E-state index is 14.3. The van der Waals surface area contributed by atoms with E-state index in [0.717, 1.165) is 13.8 Å². The van der Waals surface area contributed by atoms with E-state index in [4.69, 9.17) is 19.8 Å². The molecule has 0 heterocycles. The first kappa shape index (κ1) is 51.7. The average molecular weight is 1030 g/mol. The van der Waals surface area contributed by atoms with Crippen LogP contribution in [0.15, 0.2) is 109 Å². The van der Waals surface area contributed by atoms with Crippen molar-refractivity contribution in [3.63, 3.8) is 0 Å². The largest absolute Gasteiger partial charge is 0.481 e. The minimum Gasteiger partial charge on any atom is -0.481 e. The average Bonchev–Trinajstić information content (AvgIpc) is 3.19. The van der Waals surface area contributed by atoms with Crippen LogP contribution in [0.25, 0.3) is 0 Å². The molecule has 0 spiro atoms. The van der Waals surface area contributed by atoms with Crippen LogP contribution in [0.5, 0.6) is 0 Å². The Labute approximate surface area is 354 Å². The fourth-order valence-corrected chi connectivity index (χ4v) is 9.11. The van der Waals surface area contributed by atoms with Crippen LogP contribution >= 0.6 is 15.8 Å². The molecule has 18 heteroatoms. The molecule has 0 aliphatic heterocycles. The first-order valence-electron chi connectivity index (χ1n) is 15.6. The van der Waals surface area contributed by atoms with Crippen molar-refractivity contribution >= 4 is 59.6 Å². The first-order chi connectivity index (χ1) is 26.5. The van der Waals surface area contributed by atoms with E-state index >= 15 is 0 Å². The molecule has 58 heavy (non-hydrogen) atoms. The maximum atomic E-state index is 14.3. The fraction of sp³-hybridized carbons (Fsp3) is 0.0500. The Morgan fingerprint density at radius 2 is 0.638 bits per heavy atom. The Bertz CT molecular complexity index is 1960. The molecule has 4 nitrogen and oxygen atoms in total. The van der Waals surface area contributed by atoms with E-state index in [1.54, 1.807) is 97.1 Å². The SMILES string of the molecule is CC(=O)O.CC(=O)O.Fc1c(F)c(F)c(P(c2[c-]cccc2)c2ccccc2)c(F)c1F.Fc1c(F)c(F)c(P(c2[c-]cccc2)c2ccccc2)c(F)c1F.[Rh].[Rh]. The molecule has 6 aromatic carbocycles. The van der Waals surface area contributed by atoms with Gasteiger partial charge in [-0.3, -0.25) is 9.59 Å². The third kappa shape index (κ3) is 13.4. The second-order valence-electron chi connectivity index (χ2n) is 10.7. The van der Waals surface area contributed by atoms with Gasteiger partial charge < -0.3 is 10.2 Å². The van der Waals surface area contributed by atoms with Gasteiger partial charge in [0.15, 0.2) is 46.5 Å². The molecule has 0 saturated heterocycles. The summed E-state index contributed by atoms with van der Waals surface area (Å²) in [5.41, 5.74) is 0. The molecule has 0 aliphatic carbocycles. The first-order valence-corrected chi connectivity index (χ1v) is 18.2. The van der Waals surface area contributed by atoms with Gasteiger partial charge in [-0.15, -0.1) is 10.6 Å². The van der Waals surface area contributed by atoms with Gasteiger partial charge in [-0.25, -0.2) is 43.9 Å². The molecule has 2 atom stereocenters. The molecule has 0 amide bonds. The number of carbonyl (C=O) groups is 2. The predicted octanol–water partition coefficient (Wildman–Crippen LogP) is 8.06. The number of hydrogen-bond acceptors (Lipinski definition) is 2. The number of carboxylic acids is 2. The molecular formula is C40H26F10O4P2Rh2-2. The smallest absolute Gasteiger partial charge is 0.300 e. The summed E-state index contributed by atoms with van der Waals surface area (Å²) in [4.78, 5) is 18.0. The summed E-state index contributed by atoms with van der Waals surface area (Å²) >= 11 is 0. The van der Waals surface area contributed by atoms with Crippen molar-refractivity contribution in [2.75, 3.05) is 0 Å². The van der Waals surface area contributed by atoms with Gasteiger partial charge in [-0.05, 0) is 26.5 Å². The van der Waals surface area contributed by atoms with Gasteiger partial charge in [0.05, 0.1) is 10.6 Å². The van der Waals surface area contributed by atoms with Crippen molar-refractivity contribution in [2.45, 2.75) is 13.8 Å². The Balaban J connectivity index is 0.000000476. The second-order valence-corrected chi connectivity index (χ2v) is 14.9. The standard InChI is InChI=1S/2C18H9F5P.2C2H4O2.2Rh/c2*19-13-14(20)16(22)18(17(23)15(13)21)24(11-7-3-1-4-8-11)12-9-5-2-6-10-12;2*1-2(3)4;;/h2*1-9H;2*1H3,(H,3,4);;/q2*-1;;;;. The Kier molecular flexibility index (Phi) is 21.9. The quantitative estimate of drug-likeness (QED) is 0.0443. The van der Waals surface area contributed by atoms with Gasteiger partial charge in [-0.2, -0.15) is 60.7 Å². The molecule has 6 rings (SSSR count). The zero-order valence-electron chi connectivity index (χ0n) is 29.4. The maximum Gasteiger partial charge on any atom is 0.300 e. The van der Waals surface area contributed by atoms with Crippen molar-refractivity contribution in [1.29, 1.82) is 0 Å². The number of benzene rings is 6. The molecule has 0 saturated carbocycles. The van der Waals surface area contributed by atoms with E-state index in [1.807, 2.05) is 0 Å². The van der Waals surface area contributed by atoms with Crippen molar-refractivity contribution in [2.24, 2.45) is 0 Å². The summed E-state index contributed by atoms with van der Waals surface area (Å²) in [6, 6.07) is 34.7. The van der Waals surface area contributed by atoms with Crippen LogP contribution in [-0.2, 0) is 48.5 Å². The molecular weight excluding hydrogens is 1000 g/mol. The van der Waals surface area contributed by atoms with Crippen molar-refractivity contribution in [1.82, 2.24) is 0 Å². The summed E-state index contributed by atoms with van der Waals surface area (Å²) in [7, 11) is -3.97. The molecule has 6 aromatic rings. The number of carboxylic acid groups (broad SMARTS) is 2. The molecule has 0 fully saturated rings. The Morgan fingerprint density at radius 1 is 0.414 bits per heavy atom. The second kappa shape index (κ2) is 24.6. The van der Waals surface area contributed by atoms with Crippen molar-refractivity contribution < 1.29 is 103 Å². The zero-order valence-corrected chi connectivity index (χ0v) is 34.5. The van der Waals surface area contributed by atoms with E-state index < -0.39 is 96.6 Å². The molecule has 0 aliphatic rings. The Hall–Kier alpha value is -4.33. The van der Waals surface area contributed by atoms with Crippen LogP contribution in [-0.4, -0.2) is 22.2 Å². The molecule has 0 aromatic heterocycles. The number of aliphatic carboxylic acids is 2. The predicted molar refractivity (Wildman–Crippen MR) is 194 cm³/mol. The summed E-state index contributed by atoms with van der Waals surface area (Å²) in [5.74, 6) is -21.0. The molecule has 0 bridgehead atoms. The van der Waals surface area contributed by atoms with Crippen LogP contribution in [0.1, 0.15) is 13.8 Å².